The minimum atomic E-state index is -0.916. The molecule has 6 heteroatoms. The first-order valence-electron chi connectivity index (χ1n) is 5.67. The minimum Gasteiger partial charge on any atom is -0.481 e. The number of hydrogen-bond acceptors (Lipinski definition) is 3. The second kappa shape index (κ2) is 3.72. The Morgan fingerprint density at radius 3 is 2.41 bits per heavy atom. The number of primary amides is 1. The van der Waals surface area contributed by atoms with Crippen LogP contribution >= 0.6 is 0 Å². The van der Waals surface area contributed by atoms with Crippen molar-refractivity contribution in [3.05, 3.63) is 0 Å². The lowest BCUT2D eigenvalue weighted by molar-refractivity contribution is -0.142. The van der Waals surface area contributed by atoms with Gasteiger partial charge in [0.2, 0.25) is 11.8 Å². The van der Waals surface area contributed by atoms with Gasteiger partial charge >= 0.3 is 5.97 Å². The first kappa shape index (κ1) is 11.9. The van der Waals surface area contributed by atoms with Crippen LogP contribution in [0.5, 0.6) is 0 Å². The van der Waals surface area contributed by atoms with Crippen LogP contribution in [-0.2, 0) is 14.4 Å². The highest BCUT2D eigenvalue weighted by molar-refractivity contribution is 5.90. The second-order valence-corrected chi connectivity index (χ2v) is 5.22. The van der Waals surface area contributed by atoms with Gasteiger partial charge in [-0.25, -0.2) is 0 Å². The predicted molar refractivity (Wildman–Crippen MR) is 57.7 cm³/mol. The van der Waals surface area contributed by atoms with Gasteiger partial charge in [0.1, 0.15) is 0 Å². The molecule has 6 nitrogen and oxygen atoms in total. The summed E-state index contributed by atoms with van der Waals surface area (Å²) < 4.78 is 0. The van der Waals surface area contributed by atoms with Gasteiger partial charge in [-0.2, -0.15) is 0 Å². The summed E-state index contributed by atoms with van der Waals surface area (Å²) >= 11 is 0. The molecule has 3 atom stereocenters. The van der Waals surface area contributed by atoms with Gasteiger partial charge in [0, 0.05) is 13.1 Å². The van der Waals surface area contributed by atoms with Crippen molar-refractivity contribution in [1.29, 1.82) is 0 Å². The Bertz CT molecular complexity index is 395. The van der Waals surface area contributed by atoms with Gasteiger partial charge in [-0.3, -0.25) is 14.4 Å². The van der Waals surface area contributed by atoms with Gasteiger partial charge < -0.3 is 15.7 Å². The van der Waals surface area contributed by atoms with Crippen molar-refractivity contribution in [1.82, 2.24) is 4.90 Å². The normalized spacial score (nSPS) is 35.7. The Balaban J connectivity index is 1.96. The molecule has 17 heavy (non-hydrogen) atoms. The van der Waals surface area contributed by atoms with E-state index < -0.39 is 29.1 Å². The van der Waals surface area contributed by atoms with Crippen molar-refractivity contribution in [2.75, 3.05) is 13.1 Å². The molecule has 0 aromatic carbocycles. The Hall–Kier alpha value is -1.59. The Morgan fingerprint density at radius 2 is 2.00 bits per heavy atom. The number of hydrogen-bond donors (Lipinski definition) is 2. The molecule has 3 unspecified atom stereocenters. The molecule has 2 rings (SSSR count). The number of rotatable bonds is 3. The molecule has 1 aliphatic carbocycles. The zero-order valence-electron chi connectivity index (χ0n) is 9.68. The first-order valence-corrected chi connectivity index (χ1v) is 5.67. The summed E-state index contributed by atoms with van der Waals surface area (Å²) in [6.45, 7) is 2.54. The van der Waals surface area contributed by atoms with Crippen LogP contribution in [0.4, 0.5) is 0 Å². The highest BCUT2D eigenvalue weighted by atomic mass is 16.4. The van der Waals surface area contributed by atoms with E-state index in [0.717, 1.165) is 0 Å². The third-order valence-corrected chi connectivity index (χ3v) is 3.80. The predicted octanol–water partition coefficient (Wildman–Crippen LogP) is -0.569. The zero-order valence-corrected chi connectivity index (χ0v) is 9.68. The van der Waals surface area contributed by atoms with E-state index in [4.69, 9.17) is 10.8 Å². The summed E-state index contributed by atoms with van der Waals surface area (Å²) in [5.74, 6) is -2.41. The van der Waals surface area contributed by atoms with Crippen molar-refractivity contribution in [3.63, 3.8) is 0 Å². The minimum absolute atomic E-state index is 0.151. The number of carbonyl (C=O) groups is 3. The summed E-state index contributed by atoms with van der Waals surface area (Å²) in [6, 6.07) is 0. The van der Waals surface area contributed by atoms with Crippen LogP contribution in [0.1, 0.15) is 19.8 Å². The van der Waals surface area contributed by atoms with Crippen molar-refractivity contribution >= 4 is 17.8 Å². The number of nitrogens with zero attached hydrogens (tertiary/aromatic N) is 1. The molecule has 0 bridgehead atoms. The number of aliphatic carboxylic acids is 1. The van der Waals surface area contributed by atoms with E-state index in [2.05, 4.69) is 0 Å². The number of carboxylic acids is 1. The van der Waals surface area contributed by atoms with Crippen molar-refractivity contribution in [3.8, 4) is 0 Å². The number of carbonyl (C=O) groups excluding carboxylic acids is 2. The molecular weight excluding hydrogens is 224 g/mol. The first-order chi connectivity index (χ1) is 7.85. The van der Waals surface area contributed by atoms with Crippen LogP contribution in [0.3, 0.4) is 0 Å². The van der Waals surface area contributed by atoms with Gasteiger partial charge in [-0.1, -0.05) is 0 Å². The molecule has 0 aromatic heterocycles. The average Bonchev–Trinajstić information content (AvgIpc) is 2.95. The maximum absolute atomic E-state index is 11.9. The van der Waals surface area contributed by atoms with Gasteiger partial charge in [0.05, 0.1) is 17.3 Å². The van der Waals surface area contributed by atoms with Gasteiger partial charge in [-0.05, 0) is 19.8 Å². The quantitative estimate of drug-likeness (QED) is 0.689. The number of carboxylic acid groups (broad SMARTS) is 1. The van der Waals surface area contributed by atoms with E-state index in [-0.39, 0.29) is 5.91 Å². The standard InChI is InChI=1S/C11H16N2O4/c1-11(10(12)17)2-3-13(5-11)8(14)6-4-7(6)9(15)16/h6-7H,2-5H2,1H3,(H2,12,17)(H,15,16). The molecule has 2 aliphatic rings. The molecule has 1 heterocycles. The molecule has 0 spiro atoms. The maximum atomic E-state index is 11.9. The molecule has 94 valence electrons. The van der Waals surface area contributed by atoms with Crippen molar-refractivity contribution in [2.45, 2.75) is 19.8 Å². The molecule has 1 saturated heterocycles. The topological polar surface area (TPSA) is 101 Å². The van der Waals surface area contributed by atoms with E-state index >= 15 is 0 Å². The van der Waals surface area contributed by atoms with E-state index in [0.29, 0.717) is 25.9 Å². The van der Waals surface area contributed by atoms with Gasteiger partial charge in [-0.15, -0.1) is 0 Å². The highest BCUT2D eigenvalue weighted by Gasteiger charge is 2.52. The smallest absolute Gasteiger partial charge is 0.307 e. The van der Waals surface area contributed by atoms with E-state index in [1.807, 2.05) is 0 Å². The third-order valence-electron chi connectivity index (χ3n) is 3.80. The summed E-state index contributed by atoms with van der Waals surface area (Å²) in [5.41, 5.74) is 4.63. The fraction of sp³-hybridized carbons (Fsp3) is 0.727. The van der Waals surface area contributed by atoms with Crippen LogP contribution < -0.4 is 5.73 Å². The molecule has 3 N–H and O–H groups in total. The van der Waals surface area contributed by atoms with Crippen LogP contribution in [-0.4, -0.2) is 40.9 Å². The molecule has 0 radical (unpaired) electrons. The molecular formula is C11H16N2O4. The molecule has 0 aromatic rings. The van der Waals surface area contributed by atoms with Crippen LogP contribution in [0.25, 0.3) is 0 Å². The largest absolute Gasteiger partial charge is 0.481 e. The highest BCUT2D eigenvalue weighted by Crippen LogP contribution is 2.42. The lowest BCUT2D eigenvalue weighted by Crippen LogP contribution is -2.39. The number of likely N-dealkylation sites (tertiary alicyclic amines) is 1. The van der Waals surface area contributed by atoms with Crippen LogP contribution in [0, 0.1) is 17.3 Å². The van der Waals surface area contributed by atoms with Crippen molar-refractivity contribution in [2.24, 2.45) is 23.0 Å². The average molecular weight is 240 g/mol. The zero-order chi connectivity index (χ0) is 12.8. The van der Waals surface area contributed by atoms with E-state index in [1.54, 1.807) is 11.8 Å². The Morgan fingerprint density at radius 1 is 1.35 bits per heavy atom. The third kappa shape index (κ3) is 1.99. The molecule has 1 aliphatic heterocycles. The lowest BCUT2D eigenvalue weighted by atomic mass is 9.89. The number of nitrogens with two attached hydrogens (primary N) is 1. The molecule has 2 fully saturated rings. The SMILES string of the molecule is CC1(C(N)=O)CCN(C(=O)C2CC2C(=O)O)C1. The summed E-state index contributed by atoms with van der Waals surface area (Å²) in [4.78, 5) is 35.4. The monoisotopic (exact) mass is 240 g/mol. The fourth-order valence-corrected chi connectivity index (χ4v) is 2.33. The lowest BCUT2D eigenvalue weighted by Gasteiger charge is -2.21. The maximum Gasteiger partial charge on any atom is 0.307 e. The van der Waals surface area contributed by atoms with Gasteiger partial charge in [0.25, 0.3) is 0 Å². The fourth-order valence-electron chi connectivity index (χ4n) is 2.33. The summed E-state index contributed by atoms with van der Waals surface area (Å²) in [5, 5.41) is 8.76. The van der Waals surface area contributed by atoms with Crippen LogP contribution in [0.15, 0.2) is 0 Å². The summed E-state index contributed by atoms with van der Waals surface area (Å²) in [7, 11) is 0. The molecule has 2 amide bonds. The molecule has 1 saturated carbocycles. The van der Waals surface area contributed by atoms with Crippen LogP contribution in [0.2, 0.25) is 0 Å². The van der Waals surface area contributed by atoms with Crippen molar-refractivity contribution < 1.29 is 19.5 Å². The second-order valence-electron chi connectivity index (χ2n) is 5.22. The summed E-state index contributed by atoms with van der Waals surface area (Å²) in [6.07, 6.45) is 0.969. The Kier molecular flexibility index (Phi) is 2.60. The van der Waals surface area contributed by atoms with E-state index in [1.165, 1.54) is 0 Å². The van der Waals surface area contributed by atoms with E-state index in [9.17, 15) is 14.4 Å². The van der Waals surface area contributed by atoms with Gasteiger partial charge in [0.15, 0.2) is 0 Å². The Labute approximate surface area is 98.8 Å². The number of amides is 2.